The van der Waals surface area contributed by atoms with E-state index in [2.05, 4.69) is 24.1 Å². The van der Waals surface area contributed by atoms with E-state index >= 15 is 0 Å². The second kappa shape index (κ2) is 11.8. The Balaban J connectivity index is 1.71. The first-order valence-electron chi connectivity index (χ1n) is 12.8. The van der Waals surface area contributed by atoms with E-state index in [0.29, 0.717) is 61.1 Å². The lowest BCUT2D eigenvalue weighted by molar-refractivity contribution is 0.0795. The largest absolute Gasteiger partial charge is 0.378 e. The third kappa shape index (κ3) is 6.34. The summed E-state index contributed by atoms with van der Waals surface area (Å²) in [4.78, 5) is 28.9. The Bertz CT molecular complexity index is 1240. The van der Waals surface area contributed by atoms with Crippen LogP contribution in [0.2, 0.25) is 0 Å². The van der Waals surface area contributed by atoms with E-state index in [4.69, 9.17) is 14.7 Å². The number of carbonyl (C=O) groups excluding carboxylic acids is 1. The maximum atomic E-state index is 14.2. The molecule has 0 bridgehead atoms. The fourth-order valence-corrected chi connectivity index (χ4v) is 4.45. The number of ether oxygens (including phenoxy) is 1. The minimum atomic E-state index is -0.231. The number of amides is 1. The molecule has 0 unspecified atom stereocenters. The Morgan fingerprint density at radius 1 is 1.22 bits per heavy atom. The van der Waals surface area contributed by atoms with Crippen molar-refractivity contribution in [1.29, 1.82) is 0 Å². The van der Waals surface area contributed by atoms with E-state index < -0.39 is 0 Å². The van der Waals surface area contributed by atoms with E-state index in [1.165, 1.54) is 6.07 Å². The summed E-state index contributed by atoms with van der Waals surface area (Å²) < 4.78 is 19.7. The van der Waals surface area contributed by atoms with Crippen LogP contribution in [0, 0.1) is 12.7 Å². The van der Waals surface area contributed by atoms with Crippen molar-refractivity contribution < 1.29 is 13.9 Å². The van der Waals surface area contributed by atoms with Crippen molar-refractivity contribution in [2.24, 2.45) is 0 Å². The van der Waals surface area contributed by atoms with Gasteiger partial charge in [-0.25, -0.2) is 9.37 Å². The number of halogens is 1. The van der Waals surface area contributed by atoms with E-state index in [0.717, 1.165) is 30.2 Å². The van der Waals surface area contributed by atoms with Gasteiger partial charge in [0.2, 0.25) is 0 Å². The van der Waals surface area contributed by atoms with Crippen molar-refractivity contribution in [3.8, 4) is 0 Å². The summed E-state index contributed by atoms with van der Waals surface area (Å²) in [6, 6.07) is 9.16. The Kier molecular flexibility index (Phi) is 8.56. The number of hydrogen-bond acceptors (Lipinski definition) is 7. The molecule has 8 nitrogen and oxygen atoms in total. The van der Waals surface area contributed by atoms with Crippen molar-refractivity contribution in [3.05, 3.63) is 59.0 Å². The van der Waals surface area contributed by atoms with Gasteiger partial charge in [0, 0.05) is 58.4 Å². The Labute approximate surface area is 218 Å². The van der Waals surface area contributed by atoms with Crippen LogP contribution in [-0.2, 0) is 11.3 Å². The van der Waals surface area contributed by atoms with Crippen LogP contribution in [0.1, 0.15) is 35.3 Å². The van der Waals surface area contributed by atoms with Crippen LogP contribution in [-0.4, -0.2) is 80.3 Å². The van der Waals surface area contributed by atoms with Gasteiger partial charge in [-0.15, -0.1) is 0 Å². The van der Waals surface area contributed by atoms with Gasteiger partial charge < -0.3 is 24.8 Å². The van der Waals surface area contributed by atoms with E-state index in [1.54, 1.807) is 31.1 Å². The minimum absolute atomic E-state index is 0.0805. The van der Waals surface area contributed by atoms with E-state index in [9.17, 15) is 9.18 Å². The number of fused-ring (bicyclic) bond motifs is 1. The first kappa shape index (κ1) is 26.8. The van der Waals surface area contributed by atoms with Crippen molar-refractivity contribution in [2.45, 2.75) is 33.4 Å². The maximum absolute atomic E-state index is 14.2. The molecular formula is C28H37FN6O2. The predicted molar refractivity (Wildman–Crippen MR) is 146 cm³/mol. The normalized spacial score (nSPS) is 13.9. The third-order valence-corrected chi connectivity index (χ3v) is 6.74. The van der Waals surface area contributed by atoms with E-state index in [-0.39, 0.29) is 11.7 Å². The van der Waals surface area contributed by atoms with Gasteiger partial charge in [-0.05, 0) is 36.2 Å². The molecule has 198 valence electrons. The Morgan fingerprint density at radius 2 is 1.97 bits per heavy atom. The second-order valence-electron chi connectivity index (χ2n) is 9.91. The molecule has 1 fully saturated rings. The summed E-state index contributed by atoms with van der Waals surface area (Å²) >= 11 is 0. The number of hydrogen-bond donors (Lipinski definition) is 1. The standard InChI is InChI=1S/C28H37FN6O2/c1-19(2)30-9-10-33(4)28(36)22-15-24-27(32-26(17-31-24)35-11-13-37-14-12-35)25(16-22)34(5)18-21-7-6-8-23(29)20(21)3/h6-8,15-17,19,30H,9-14,18H2,1-5H3. The van der Waals surface area contributed by atoms with Gasteiger partial charge in [0.1, 0.15) is 17.2 Å². The highest BCUT2D eigenvalue weighted by molar-refractivity contribution is 6.01. The SMILES string of the molecule is Cc1c(F)cccc1CN(C)c1cc(C(=O)N(C)CCNC(C)C)cc2ncc(N3CCOCC3)nc12. The number of likely N-dealkylation sites (N-methyl/N-ethyl adjacent to an activating group) is 1. The average molecular weight is 509 g/mol. The summed E-state index contributed by atoms with van der Waals surface area (Å²) in [5, 5.41) is 3.35. The van der Waals surface area contributed by atoms with Gasteiger partial charge >= 0.3 is 0 Å². The highest BCUT2D eigenvalue weighted by atomic mass is 19.1. The number of anilines is 2. The molecule has 0 saturated carbocycles. The number of aromatic nitrogens is 2. The van der Waals surface area contributed by atoms with Crippen molar-refractivity contribution in [3.63, 3.8) is 0 Å². The molecule has 1 aliphatic rings. The van der Waals surface area contributed by atoms with Crippen LogP contribution in [0.4, 0.5) is 15.9 Å². The van der Waals surface area contributed by atoms with Gasteiger partial charge in [-0.1, -0.05) is 26.0 Å². The molecule has 2 heterocycles. The number of morpholine rings is 1. The first-order valence-corrected chi connectivity index (χ1v) is 12.8. The number of benzene rings is 2. The zero-order chi connectivity index (χ0) is 26.5. The molecule has 1 aromatic heterocycles. The zero-order valence-corrected chi connectivity index (χ0v) is 22.4. The number of nitrogens with one attached hydrogen (secondary N) is 1. The molecule has 1 N–H and O–H groups in total. The molecule has 0 radical (unpaired) electrons. The summed E-state index contributed by atoms with van der Waals surface area (Å²) in [5.74, 6) is 0.470. The summed E-state index contributed by atoms with van der Waals surface area (Å²) in [5.41, 5.74) is 4.17. The fraction of sp³-hybridized carbons (Fsp3) is 0.464. The maximum Gasteiger partial charge on any atom is 0.253 e. The molecule has 1 amide bonds. The van der Waals surface area contributed by atoms with E-state index in [1.807, 2.05) is 30.1 Å². The molecule has 9 heteroatoms. The van der Waals surface area contributed by atoms with Crippen molar-refractivity contribution >= 4 is 28.4 Å². The van der Waals surface area contributed by atoms with Gasteiger partial charge in [0.25, 0.3) is 5.91 Å². The molecule has 1 aliphatic heterocycles. The molecule has 37 heavy (non-hydrogen) atoms. The molecular weight excluding hydrogens is 471 g/mol. The lowest BCUT2D eigenvalue weighted by atomic mass is 10.1. The van der Waals surface area contributed by atoms with Crippen LogP contribution in [0.5, 0.6) is 0 Å². The average Bonchev–Trinajstić information content (AvgIpc) is 2.90. The smallest absolute Gasteiger partial charge is 0.253 e. The number of rotatable bonds is 9. The predicted octanol–water partition coefficient (Wildman–Crippen LogP) is 3.62. The summed E-state index contributed by atoms with van der Waals surface area (Å²) in [6.07, 6.45) is 1.76. The topological polar surface area (TPSA) is 73.8 Å². The second-order valence-corrected chi connectivity index (χ2v) is 9.91. The fourth-order valence-electron chi connectivity index (χ4n) is 4.45. The van der Waals surface area contributed by atoms with Crippen LogP contribution >= 0.6 is 0 Å². The van der Waals surface area contributed by atoms with Gasteiger partial charge in [0.05, 0.1) is 30.6 Å². The quantitative estimate of drug-likeness (QED) is 0.473. The molecule has 0 spiro atoms. The molecule has 0 atom stereocenters. The van der Waals surface area contributed by atoms with Gasteiger partial charge in [-0.2, -0.15) is 0 Å². The van der Waals surface area contributed by atoms with Crippen LogP contribution in [0.25, 0.3) is 11.0 Å². The van der Waals surface area contributed by atoms with Gasteiger partial charge in [0.15, 0.2) is 0 Å². The molecule has 1 saturated heterocycles. The highest BCUT2D eigenvalue weighted by Gasteiger charge is 2.20. The summed E-state index contributed by atoms with van der Waals surface area (Å²) in [6.45, 7) is 10.5. The Morgan fingerprint density at radius 3 is 2.70 bits per heavy atom. The van der Waals surface area contributed by atoms with Gasteiger partial charge in [-0.3, -0.25) is 9.78 Å². The molecule has 0 aliphatic carbocycles. The third-order valence-electron chi connectivity index (χ3n) is 6.74. The summed E-state index contributed by atoms with van der Waals surface area (Å²) in [7, 11) is 3.74. The highest BCUT2D eigenvalue weighted by Crippen LogP contribution is 2.30. The van der Waals surface area contributed by atoms with Crippen LogP contribution in [0.15, 0.2) is 36.5 Å². The first-order chi connectivity index (χ1) is 17.7. The molecule has 3 aromatic rings. The van der Waals surface area contributed by atoms with Crippen molar-refractivity contribution in [1.82, 2.24) is 20.2 Å². The zero-order valence-electron chi connectivity index (χ0n) is 22.4. The molecule has 4 rings (SSSR count). The molecule has 2 aromatic carbocycles. The van der Waals surface area contributed by atoms with Crippen molar-refractivity contribution in [2.75, 3.05) is 63.3 Å². The monoisotopic (exact) mass is 508 g/mol. The number of nitrogens with zero attached hydrogens (tertiary/aromatic N) is 5. The lowest BCUT2D eigenvalue weighted by Crippen LogP contribution is -2.37. The minimum Gasteiger partial charge on any atom is -0.378 e. The number of carbonyl (C=O) groups is 1. The van der Waals surface area contributed by atoms with Crippen LogP contribution in [0.3, 0.4) is 0 Å². The Hall–Kier alpha value is -3.30. The van der Waals surface area contributed by atoms with Crippen LogP contribution < -0.4 is 15.1 Å². The lowest BCUT2D eigenvalue weighted by Gasteiger charge is -2.28.